The lowest BCUT2D eigenvalue weighted by Gasteiger charge is -2.29. The third-order valence-corrected chi connectivity index (χ3v) is 4.61. The van der Waals surface area contributed by atoms with Crippen molar-refractivity contribution in [3.63, 3.8) is 0 Å². The van der Waals surface area contributed by atoms with Gasteiger partial charge in [0.25, 0.3) is 0 Å². The average molecular weight is 440 g/mol. The molecule has 0 bridgehead atoms. The lowest BCUT2D eigenvalue weighted by Crippen LogP contribution is -2.53. The molecule has 0 fully saturated rings. The fourth-order valence-corrected chi connectivity index (χ4v) is 3.04. The Balaban J connectivity index is 1.60. The number of carbonyl (C=O) groups excluding carboxylic acids is 3. The van der Waals surface area contributed by atoms with Crippen molar-refractivity contribution in [2.45, 2.75) is 25.2 Å². The largest absolute Gasteiger partial charge is 0.547 e. The zero-order chi connectivity index (χ0) is 23.1. The molecule has 0 saturated carbocycles. The highest BCUT2D eigenvalue weighted by atomic mass is 19.1. The second-order valence-electron chi connectivity index (χ2n) is 6.83. The van der Waals surface area contributed by atoms with E-state index in [-0.39, 0.29) is 36.1 Å². The summed E-state index contributed by atoms with van der Waals surface area (Å²) >= 11 is 0. The van der Waals surface area contributed by atoms with E-state index < -0.39 is 43.5 Å². The molecule has 0 saturated heterocycles. The highest BCUT2D eigenvalue weighted by Gasteiger charge is 2.37. The summed E-state index contributed by atoms with van der Waals surface area (Å²) in [5, 5.41) is 21.4. The lowest BCUT2D eigenvalue weighted by molar-refractivity contribution is -0.121. The molecular formula is C21H18BFN2O7. The predicted octanol–water partition coefficient (Wildman–Crippen LogP) is 1.54. The van der Waals surface area contributed by atoms with Crippen molar-refractivity contribution in [3.05, 3.63) is 65.0 Å². The Morgan fingerprint density at radius 1 is 1.19 bits per heavy atom. The average Bonchev–Trinajstić information content (AvgIpc) is 2.78. The van der Waals surface area contributed by atoms with Crippen LogP contribution in [0, 0.1) is 17.1 Å². The van der Waals surface area contributed by atoms with E-state index in [2.05, 4.69) is 5.32 Å². The number of fused-ring (bicyclic) bond motifs is 1. The molecule has 1 amide bonds. The molecule has 1 aliphatic rings. The minimum absolute atomic E-state index is 0.00438. The fraction of sp³-hybridized carbons (Fsp3) is 0.238. The van der Waals surface area contributed by atoms with Gasteiger partial charge in [0.05, 0.1) is 17.6 Å². The first-order chi connectivity index (χ1) is 15.4. The number of hydrogen-bond donors (Lipinski definition) is 2. The van der Waals surface area contributed by atoms with Crippen LogP contribution in [0.2, 0.25) is 0 Å². The number of nitrogens with zero attached hydrogens (tertiary/aromatic N) is 1. The molecular weight excluding hydrogens is 422 g/mol. The van der Waals surface area contributed by atoms with Crippen molar-refractivity contribution in [2.24, 2.45) is 0 Å². The van der Waals surface area contributed by atoms with Crippen LogP contribution in [-0.4, -0.2) is 42.7 Å². The Kier molecular flexibility index (Phi) is 7.41. The quantitative estimate of drug-likeness (QED) is 0.376. The maximum absolute atomic E-state index is 12.9. The van der Waals surface area contributed by atoms with E-state index in [0.717, 1.165) is 12.1 Å². The van der Waals surface area contributed by atoms with Gasteiger partial charge in [0.15, 0.2) is 0 Å². The second kappa shape index (κ2) is 10.4. The minimum atomic E-state index is -1.42. The summed E-state index contributed by atoms with van der Waals surface area (Å²) in [6.45, 7) is -0.682. The van der Waals surface area contributed by atoms with Gasteiger partial charge in [-0.2, -0.15) is 5.26 Å². The number of esters is 2. The van der Waals surface area contributed by atoms with Crippen molar-refractivity contribution in [2.75, 3.05) is 6.79 Å². The number of para-hydroxylation sites is 1. The molecule has 1 heterocycles. The van der Waals surface area contributed by atoms with Gasteiger partial charge in [-0.3, -0.25) is 4.79 Å². The summed E-state index contributed by atoms with van der Waals surface area (Å²) in [5.41, 5.74) is 0.654. The highest BCUT2D eigenvalue weighted by molar-refractivity contribution is 6.47. The standard InChI is InChI=1S/C21H18BFN2O7/c23-15-8-6-13(7-9-15)20(27)30-12-31-21(28)16-4-1-3-14-11-17(22(29)32-19(14)16)25-18(26)5-2-10-24/h1,3-4,6-9,17,29H,2,5,11-12H2,(H,25,26). The van der Waals surface area contributed by atoms with E-state index in [1.165, 1.54) is 18.2 Å². The number of hydrogen-bond acceptors (Lipinski definition) is 8. The summed E-state index contributed by atoms with van der Waals surface area (Å²) in [4.78, 5) is 36.2. The Morgan fingerprint density at radius 2 is 1.91 bits per heavy atom. The number of benzene rings is 2. The first-order valence-corrected chi connectivity index (χ1v) is 9.61. The van der Waals surface area contributed by atoms with Gasteiger partial charge in [-0.1, -0.05) is 12.1 Å². The molecule has 1 unspecified atom stereocenters. The topological polar surface area (TPSA) is 135 Å². The van der Waals surface area contributed by atoms with Crippen molar-refractivity contribution in [1.29, 1.82) is 5.26 Å². The maximum Gasteiger partial charge on any atom is 0.547 e. The van der Waals surface area contributed by atoms with Crippen molar-refractivity contribution in [3.8, 4) is 11.8 Å². The Labute approximate surface area is 182 Å². The number of carbonyl (C=O) groups is 3. The van der Waals surface area contributed by atoms with E-state index in [0.29, 0.717) is 5.56 Å². The van der Waals surface area contributed by atoms with Gasteiger partial charge >= 0.3 is 19.1 Å². The van der Waals surface area contributed by atoms with Crippen LogP contribution in [0.1, 0.15) is 39.1 Å². The van der Waals surface area contributed by atoms with Crippen LogP contribution in [0.25, 0.3) is 0 Å². The molecule has 2 N–H and O–H groups in total. The Morgan fingerprint density at radius 3 is 2.62 bits per heavy atom. The number of nitrogens with one attached hydrogen (secondary N) is 1. The monoisotopic (exact) mass is 440 g/mol. The molecule has 2 aromatic carbocycles. The van der Waals surface area contributed by atoms with Crippen LogP contribution in [0.3, 0.4) is 0 Å². The van der Waals surface area contributed by atoms with Crippen LogP contribution in [-0.2, 0) is 20.7 Å². The zero-order valence-corrected chi connectivity index (χ0v) is 16.7. The van der Waals surface area contributed by atoms with E-state index >= 15 is 0 Å². The van der Waals surface area contributed by atoms with Crippen molar-refractivity contribution in [1.82, 2.24) is 5.32 Å². The van der Waals surface area contributed by atoms with Gasteiger partial charge in [0.1, 0.15) is 17.1 Å². The molecule has 1 atom stereocenters. The summed E-state index contributed by atoms with van der Waals surface area (Å²) in [5.74, 6) is -3.21. The molecule has 0 spiro atoms. The van der Waals surface area contributed by atoms with Crippen molar-refractivity contribution < 1.29 is 37.9 Å². The van der Waals surface area contributed by atoms with Gasteiger partial charge in [-0.25, -0.2) is 14.0 Å². The first-order valence-electron chi connectivity index (χ1n) is 9.61. The number of amides is 1. The van der Waals surface area contributed by atoms with Gasteiger partial charge in [-0.15, -0.1) is 0 Å². The molecule has 9 nitrogen and oxygen atoms in total. The summed E-state index contributed by atoms with van der Waals surface area (Å²) in [6, 6.07) is 11.2. The van der Waals surface area contributed by atoms with E-state index in [1.54, 1.807) is 12.1 Å². The summed E-state index contributed by atoms with van der Waals surface area (Å²) in [6.07, 6.45) is 0.235. The van der Waals surface area contributed by atoms with Gasteiger partial charge < -0.3 is 24.5 Å². The van der Waals surface area contributed by atoms with E-state index in [4.69, 9.17) is 19.4 Å². The fourth-order valence-electron chi connectivity index (χ4n) is 3.04. The smallest absolute Gasteiger partial charge is 0.534 e. The van der Waals surface area contributed by atoms with Gasteiger partial charge in [0, 0.05) is 12.8 Å². The SMILES string of the molecule is N#CCCC(=O)NC1Cc2cccc(C(=O)OCOC(=O)c3ccc(F)cc3)c2OB1O. The maximum atomic E-state index is 12.9. The van der Waals surface area contributed by atoms with Crippen LogP contribution >= 0.6 is 0 Å². The van der Waals surface area contributed by atoms with Crippen LogP contribution in [0.5, 0.6) is 5.75 Å². The van der Waals surface area contributed by atoms with Crippen molar-refractivity contribution >= 4 is 25.0 Å². The Hall–Kier alpha value is -3.91. The molecule has 11 heteroatoms. The molecule has 164 valence electrons. The lowest BCUT2D eigenvalue weighted by atomic mass is 9.72. The molecule has 32 heavy (non-hydrogen) atoms. The van der Waals surface area contributed by atoms with Crippen LogP contribution < -0.4 is 9.97 Å². The zero-order valence-electron chi connectivity index (χ0n) is 16.7. The molecule has 0 radical (unpaired) electrons. The third-order valence-electron chi connectivity index (χ3n) is 4.61. The molecule has 0 aliphatic carbocycles. The summed E-state index contributed by atoms with van der Waals surface area (Å²) in [7, 11) is -1.42. The van der Waals surface area contributed by atoms with Crippen LogP contribution in [0.15, 0.2) is 42.5 Å². The molecule has 2 aromatic rings. The number of rotatable bonds is 7. The molecule has 0 aromatic heterocycles. The van der Waals surface area contributed by atoms with E-state index in [9.17, 15) is 23.8 Å². The van der Waals surface area contributed by atoms with Crippen LogP contribution in [0.4, 0.5) is 4.39 Å². The van der Waals surface area contributed by atoms with Gasteiger partial charge in [0.2, 0.25) is 12.7 Å². The highest BCUT2D eigenvalue weighted by Crippen LogP contribution is 2.30. The number of ether oxygens (including phenoxy) is 2. The predicted molar refractivity (Wildman–Crippen MR) is 108 cm³/mol. The Bertz CT molecular complexity index is 1060. The molecule has 3 rings (SSSR count). The normalized spacial score (nSPS) is 14.4. The summed E-state index contributed by atoms with van der Waals surface area (Å²) < 4.78 is 28.2. The van der Waals surface area contributed by atoms with Gasteiger partial charge in [-0.05, 0) is 42.3 Å². The number of halogens is 1. The molecule has 1 aliphatic heterocycles. The van der Waals surface area contributed by atoms with E-state index in [1.807, 2.05) is 6.07 Å². The number of nitriles is 1. The minimum Gasteiger partial charge on any atom is -0.534 e. The third kappa shape index (κ3) is 5.62. The first kappa shape index (κ1) is 22.8. The second-order valence-corrected chi connectivity index (χ2v) is 6.83.